The molecule has 0 radical (unpaired) electrons. The van der Waals surface area contributed by atoms with E-state index in [1.807, 2.05) is 0 Å². The molecule has 138 valence electrons. The third-order valence-electron chi connectivity index (χ3n) is 4.85. The summed E-state index contributed by atoms with van der Waals surface area (Å²) in [6.45, 7) is 4.46. The molecule has 1 aliphatic heterocycles. The van der Waals surface area contributed by atoms with Crippen molar-refractivity contribution in [3.63, 3.8) is 0 Å². The number of nitrogens with zero attached hydrogens (tertiary/aromatic N) is 3. The Labute approximate surface area is 164 Å². The number of guanidine groups is 1. The van der Waals surface area contributed by atoms with Crippen LogP contribution in [0.4, 0.5) is 0 Å². The van der Waals surface area contributed by atoms with Crippen molar-refractivity contribution in [1.29, 1.82) is 0 Å². The molecule has 1 aliphatic rings. The van der Waals surface area contributed by atoms with Gasteiger partial charge in [-0.1, -0.05) is 0 Å². The van der Waals surface area contributed by atoms with Crippen molar-refractivity contribution in [3.05, 3.63) is 71.8 Å². The molecule has 0 bridgehead atoms. The van der Waals surface area contributed by atoms with Crippen molar-refractivity contribution in [1.82, 2.24) is 9.80 Å². The summed E-state index contributed by atoms with van der Waals surface area (Å²) in [5.74, 6) is 3.44. The molecule has 0 amide bonds. The number of rotatable bonds is 9. The molecule has 1 saturated heterocycles. The van der Waals surface area contributed by atoms with Gasteiger partial charge < -0.3 is 0 Å². The van der Waals surface area contributed by atoms with Gasteiger partial charge in [0, 0.05) is 0 Å². The van der Waals surface area contributed by atoms with Crippen molar-refractivity contribution in [2.24, 2.45) is 4.01 Å². The Bertz CT molecular complexity index is 617. The molecule has 3 rings (SSSR count). The van der Waals surface area contributed by atoms with Gasteiger partial charge in [-0.3, -0.25) is 0 Å². The standard InChI is InChI=1S/C22H29N3Se/c1-26-23-22-24(16-8-14-20-10-4-2-5-11-20)18-19-25(22)17-9-15-21-12-6-3-7-13-21/h2-7,10-13H,8-9,14-19H2,1H3. The van der Waals surface area contributed by atoms with Gasteiger partial charge in [0.2, 0.25) is 0 Å². The van der Waals surface area contributed by atoms with Crippen LogP contribution >= 0.6 is 0 Å². The first-order valence-electron chi connectivity index (χ1n) is 9.56. The molecule has 4 heteroatoms. The quantitative estimate of drug-likeness (QED) is 0.580. The van der Waals surface area contributed by atoms with Crippen LogP contribution in [0.5, 0.6) is 0 Å². The molecule has 0 atom stereocenters. The predicted octanol–water partition coefficient (Wildman–Crippen LogP) is 3.89. The van der Waals surface area contributed by atoms with Crippen LogP contribution in [-0.2, 0) is 12.8 Å². The number of benzene rings is 2. The molecule has 26 heavy (non-hydrogen) atoms. The second-order valence-corrected chi connectivity index (χ2v) is 7.88. The fraction of sp³-hybridized carbons (Fsp3) is 0.409. The zero-order valence-electron chi connectivity index (χ0n) is 15.7. The monoisotopic (exact) mass is 415 g/mol. The van der Waals surface area contributed by atoms with Gasteiger partial charge in [-0.05, 0) is 0 Å². The van der Waals surface area contributed by atoms with Crippen LogP contribution in [-0.4, -0.2) is 57.1 Å². The van der Waals surface area contributed by atoms with Crippen LogP contribution in [0.3, 0.4) is 0 Å². The summed E-state index contributed by atoms with van der Waals surface area (Å²) in [6, 6.07) is 21.6. The SMILES string of the molecule is C[Se]N=C1N(CCCc2ccccc2)CCN1CCCc1ccccc1. The van der Waals surface area contributed by atoms with Crippen LogP contribution in [0.1, 0.15) is 24.0 Å². The Hall–Kier alpha value is -1.77. The van der Waals surface area contributed by atoms with E-state index in [-0.39, 0.29) is 0 Å². The van der Waals surface area contributed by atoms with Crippen molar-refractivity contribution in [2.75, 3.05) is 26.2 Å². The molecule has 0 spiro atoms. The van der Waals surface area contributed by atoms with Gasteiger partial charge >= 0.3 is 164 Å². The molecule has 0 N–H and O–H groups in total. The molecule has 1 heterocycles. The molecule has 1 fully saturated rings. The fourth-order valence-corrected chi connectivity index (χ4v) is 4.33. The van der Waals surface area contributed by atoms with E-state index in [9.17, 15) is 0 Å². The Morgan fingerprint density at radius 1 is 0.769 bits per heavy atom. The number of hydrogen-bond acceptors (Lipinski definition) is 1. The van der Waals surface area contributed by atoms with Gasteiger partial charge in [0.05, 0.1) is 0 Å². The Balaban J connectivity index is 1.46. The predicted molar refractivity (Wildman–Crippen MR) is 112 cm³/mol. The van der Waals surface area contributed by atoms with E-state index < -0.39 is 0 Å². The molecule has 2 aromatic carbocycles. The van der Waals surface area contributed by atoms with Gasteiger partial charge in [0.25, 0.3) is 0 Å². The summed E-state index contributed by atoms with van der Waals surface area (Å²) in [4.78, 5) is 4.99. The van der Waals surface area contributed by atoms with Gasteiger partial charge in [0.15, 0.2) is 0 Å². The van der Waals surface area contributed by atoms with Crippen molar-refractivity contribution < 1.29 is 0 Å². The first kappa shape index (κ1) is 19.0. The minimum atomic E-state index is 0.328. The molecule has 0 aromatic heterocycles. The van der Waals surface area contributed by atoms with Crippen molar-refractivity contribution in [3.8, 4) is 0 Å². The van der Waals surface area contributed by atoms with E-state index in [0.717, 1.165) is 39.0 Å². The van der Waals surface area contributed by atoms with Gasteiger partial charge in [0.1, 0.15) is 0 Å². The Morgan fingerprint density at radius 3 is 1.65 bits per heavy atom. The van der Waals surface area contributed by atoms with E-state index in [2.05, 4.69) is 76.3 Å². The average molecular weight is 414 g/mol. The normalized spacial score (nSPS) is 14.1. The van der Waals surface area contributed by atoms with Crippen LogP contribution < -0.4 is 0 Å². The molecule has 0 unspecified atom stereocenters. The summed E-state index contributed by atoms with van der Waals surface area (Å²) < 4.78 is 4.87. The fourth-order valence-electron chi connectivity index (χ4n) is 3.50. The van der Waals surface area contributed by atoms with Crippen LogP contribution in [0.2, 0.25) is 5.82 Å². The van der Waals surface area contributed by atoms with E-state index >= 15 is 0 Å². The summed E-state index contributed by atoms with van der Waals surface area (Å²) >= 11 is 0.328. The third kappa shape index (κ3) is 5.62. The molecular formula is C22H29N3Se. The Kier molecular flexibility index (Phi) is 7.60. The molecule has 0 aliphatic carbocycles. The first-order chi connectivity index (χ1) is 12.9. The second kappa shape index (κ2) is 10.4. The summed E-state index contributed by atoms with van der Waals surface area (Å²) in [7, 11) is 0. The summed E-state index contributed by atoms with van der Waals surface area (Å²) in [6.07, 6.45) is 4.68. The first-order valence-corrected chi connectivity index (χ1v) is 12.0. The minimum absolute atomic E-state index is 0.328. The molecular weight excluding hydrogens is 385 g/mol. The Morgan fingerprint density at radius 2 is 1.23 bits per heavy atom. The van der Waals surface area contributed by atoms with Crippen LogP contribution in [0.15, 0.2) is 64.7 Å². The van der Waals surface area contributed by atoms with E-state index in [4.69, 9.17) is 4.01 Å². The van der Waals surface area contributed by atoms with Crippen molar-refractivity contribution in [2.45, 2.75) is 31.5 Å². The summed E-state index contributed by atoms with van der Waals surface area (Å²) in [5, 5.41) is 0. The maximum absolute atomic E-state index is 4.87. The topological polar surface area (TPSA) is 18.8 Å². The van der Waals surface area contributed by atoms with E-state index in [0.29, 0.717) is 15.2 Å². The maximum atomic E-state index is 4.87. The van der Waals surface area contributed by atoms with Gasteiger partial charge in [-0.15, -0.1) is 0 Å². The van der Waals surface area contributed by atoms with Gasteiger partial charge in [-0.2, -0.15) is 0 Å². The third-order valence-corrected chi connectivity index (χ3v) is 5.58. The van der Waals surface area contributed by atoms with Crippen LogP contribution in [0.25, 0.3) is 0 Å². The molecule has 2 aromatic rings. The zero-order chi connectivity index (χ0) is 18.0. The van der Waals surface area contributed by atoms with E-state index in [1.165, 1.54) is 29.9 Å². The van der Waals surface area contributed by atoms with E-state index in [1.54, 1.807) is 0 Å². The number of hydrogen-bond donors (Lipinski definition) is 0. The molecule has 3 nitrogen and oxygen atoms in total. The average Bonchev–Trinajstić information content (AvgIpc) is 3.06. The van der Waals surface area contributed by atoms with Crippen molar-refractivity contribution >= 4 is 21.1 Å². The second-order valence-electron chi connectivity index (χ2n) is 6.73. The van der Waals surface area contributed by atoms with Gasteiger partial charge in [-0.25, -0.2) is 0 Å². The van der Waals surface area contributed by atoms with Crippen LogP contribution in [0, 0.1) is 0 Å². The molecule has 0 saturated carbocycles. The zero-order valence-corrected chi connectivity index (χ0v) is 17.4. The number of aryl methyl sites for hydroxylation is 2. The summed E-state index contributed by atoms with van der Waals surface area (Å²) in [5.41, 5.74) is 2.87.